The lowest BCUT2D eigenvalue weighted by Crippen LogP contribution is -1.95. The van der Waals surface area contributed by atoms with Gasteiger partial charge >= 0.3 is 0 Å². The van der Waals surface area contributed by atoms with E-state index in [0.717, 1.165) is 12.5 Å². The molecule has 0 amide bonds. The van der Waals surface area contributed by atoms with E-state index >= 15 is 0 Å². The first-order valence-electron chi connectivity index (χ1n) is 4.44. The minimum absolute atomic E-state index is 0.737. The fourth-order valence-electron chi connectivity index (χ4n) is 1.31. The quantitative estimate of drug-likeness (QED) is 0.645. The molecular weight excluding hydrogens is 136 g/mol. The topological polar surface area (TPSA) is 17.8 Å². The second kappa shape index (κ2) is 2.68. The molecule has 1 aliphatic rings. The predicted molar refractivity (Wildman–Crippen MR) is 44.5 cm³/mol. The fraction of sp³-hybridized carbons (Fsp3) is 0.667. The van der Waals surface area contributed by atoms with Crippen LogP contribution >= 0.6 is 0 Å². The molecule has 1 aliphatic carbocycles. The molecule has 60 valence electrons. The van der Waals surface area contributed by atoms with E-state index < -0.39 is 0 Å². The lowest BCUT2D eigenvalue weighted by atomic mass is 10.3. The first-order chi connectivity index (χ1) is 5.40. The van der Waals surface area contributed by atoms with Gasteiger partial charge in [0, 0.05) is 6.20 Å². The third-order valence-electron chi connectivity index (χ3n) is 2.09. The van der Waals surface area contributed by atoms with E-state index in [1.807, 2.05) is 0 Å². The fourth-order valence-corrected chi connectivity index (χ4v) is 1.31. The van der Waals surface area contributed by atoms with Gasteiger partial charge in [0.25, 0.3) is 0 Å². The molecular formula is C9H14N2. The summed E-state index contributed by atoms with van der Waals surface area (Å²) >= 11 is 0. The number of hydrogen-bond donors (Lipinski definition) is 0. The Bertz CT molecular complexity index is 235. The number of hydrogen-bond acceptors (Lipinski definition) is 1. The van der Waals surface area contributed by atoms with Crippen LogP contribution in [0.15, 0.2) is 12.3 Å². The third-order valence-corrected chi connectivity index (χ3v) is 2.09. The molecule has 2 heteroatoms. The van der Waals surface area contributed by atoms with E-state index in [2.05, 4.69) is 29.0 Å². The summed E-state index contributed by atoms with van der Waals surface area (Å²) in [6.07, 6.45) is 7.09. The van der Waals surface area contributed by atoms with E-state index in [0.29, 0.717) is 0 Å². The second-order valence-electron chi connectivity index (χ2n) is 3.27. The number of aromatic nitrogens is 2. The van der Waals surface area contributed by atoms with E-state index in [-0.39, 0.29) is 0 Å². The van der Waals surface area contributed by atoms with Crippen LogP contribution < -0.4 is 0 Å². The van der Waals surface area contributed by atoms with Crippen molar-refractivity contribution < 1.29 is 0 Å². The molecule has 0 N–H and O–H groups in total. The molecule has 0 radical (unpaired) electrons. The van der Waals surface area contributed by atoms with Gasteiger partial charge in [0.1, 0.15) is 0 Å². The monoisotopic (exact) mass is 150 g/mol. The molecule has 0 unspecified atom stereocenters. The predicted octanol–water partition coefficient (Wildman–Crippen LogP) is 2.17. The van der Waals surface area contributed by atoms with Crippen LogP contribution in [-0.2, 0) is 6.42 Å². The Morgan fingerprint density at radius 1 is 1.64 bits per heavy atom. The van der Waals surface area contributed by atoms with Crippen LogP contribution in [0.2, 0.25) is 0 Å². The minimum atomic E-state index is 0.737. The molecule has 0 saturated heterocycles. The van der Waals surface area contributed by atoms with Crippen molar-refractivity contribution in [2.45, 2.75) is 38.6 Å². The Labute approximate surface area is 67.2 Å². The van der Waals surface area contributed by atoms with Gasteiger partial charge in [-0.3, -0.25) is 4.68 Å². The van der Waals surface area contributed by atoms with Crippen molar-refractivity contribution in [1.82, 2.24) is 9.78 Å². The molecule has 2 rings (SSSR count). The van der Waals surface area contributed by atoms with E-state index in [1.54, 1.807) is 0 Å². The minimum Gasteiger partial charge on any atom is -0.269 e. The highest BCUT2D eigenvalue weighted by Crippen LogP contribution is 2.33. The summed E-state index contributed by atoms with van der Waals surface area (Å²) < 4.78 is 2.12. The normalized spacial score (nSPS) is 17.2. The highest BCUT2D eigenvalue weighted by Gasteiger charge is 2.23. The van der Waals surface area contributed by atoms with Crippen molar-refractivity contribution in [3.63, 3.8) is 0 Å². The molecule has 1 fully saturated rings. The Kier molecular flexibility index (Phi) is 1.68. The molecule has 11 heavy (non-hydrogen) atoms. The number of rotatable bonds is 3. The molecule has 0 aliphatic heterocycles. The second-order valence-corrected chi connectivity index (χ2v) is 3.27. The Morgan fingerprint density at radius 2 is 2.45 bits per heavy atom. The average Bonchev–Trinajstić information content (AvgIpc) is 2.75. The van der Waals surface area contributed by atoms with Gasteiger partial charge in [0.2, 0.25) is 0 Å². The third kappa shape index (κ3) is 1.44. The van der Waals surface area contributed by atoms with Crippen molar-refractivity contribution in [3.05, 3.63) is 18.0 Å². The zero-order chi connectivity index (χ0) is 7.68. The standard InChI is InChI=1S/C9H14N2/c1-2-3-8-6-7-11(10-8)9-4-5-9/h6-7,9H,2-5H2,1H3. The molecule has 1 saturated carbocycles. The van der Waals surface area contributed by atoms with Gasteiger partial charge in [0.15, 0.2) is 0 Å². The molecule has 1 aromatic heterocycles. The zero-order valence-electron chi connectivity index (χ0n) is 6.95. The summed E-state index contributed by atoms with van der Waals surface area (Å²) in [7, 11) is 0. The number of aryl methyl sites for hydroxylation is 1. The van der Waals surface area contributed by atoms with Crippen molar-refractivity contribution in [1.29, 1.82) is 0 Å². The van der Waals surface area contributed by atoms with Gasteiger partial charge in [-0.1, -0.05) is 13.3 Å². The van der Waals surface area contributed by atoms with Gasteiger partial charge in [-0.15, -0.1) is 0 Å². The first-order valence-corrected chi connectivity index (χ1v) is 4.44. The zero-order valence-corrected chi connectivity index (χ0v) is 6.95. The van der Waals surface area contributed by atoms with Crippen molar-refractivity contribution in [3.8, 4) is 0 Å². The largest absolute Gasteiger partial charge is 0.269 e. The Balaban J connectivity index is 2.06. The van der Waals surface area contributed by atoms with Crippen molar-refractivity contribution in [2.75, 3.05) is 0 Å². The lowest BCUT2D eigenvalue weighted by Gasteiger charge is -1.94. The molecule has 1 aromatic rings. The van der Waals surface area contributed by atoms with E-state index in [4.69, 9.17) is 0 Å². The molecule has 0 atom stereocenters. The van der Waals surface area contributed by atoms with Gasteiger partial charge in [-0.05, 0) is 25.3 Å². The van der Waals surface area contributed by atoms with Gasteiger partial charge in [0.05, 0.1) is 11.7 Å². The molecule has 2 nitrogen and oxygen atoms in total. The molecule has 0 spiro atoms. The van der Waals surface area contributed by atoms with Crippen LogP contribution in [-0.4, -0.2) is 9.78 Å². The van der Waals surface area contributed by atoms with Gasteiger partial charge in [-0.25, -0.2) is 0 Å². The van der Waals surface area contributed by atoms with Crippen molar-refractivity contribution in [2.24, 2.45) is 0 Å². The number of nitrogens with zero attached hydrogens (tertiary/aromatic N) is 2. The van der Waals surface area contributed by atoms with Crippen LogP contribution in [0.1, 0.15) is 37.9 Å². The maximum absolute atomic E-state index is 4.48. The summed E-state index contributed by atoms with van der Waals surface area (Å²) in [6.45, 7) is 2.19. The summed E-state index contributed by atoms with van der Waals surface area (Å²) in [5.74, 6) is 0. The summed E-state index contributed by atoms with van der Waals surface area (Å²) in [5, 5.41) is 4.48. The van der Waals surface area contributed by atoms with Crippen LogP contribution in [0.5, 0.6) is 0 Å². The Hall–Kier alpha value is -0.790. The first kappa shape index (κ1) is 6.89. The highest BCUT2D eigenvalue weighted by molar-refractivity contribution is 5.01. The van der Waals surface area contributed by atoms with E-state index in [1.165, 1.54) is 25.0 Å². The summed E-state index contributed by atoms with van der Waals surface area (Å²) in [4.78, 5) is 0. The van der Waals surface area contributed by atoms with Crippen LogP contribution in [0.3, 0.4) is 0 Å². The van der Waals surface area contributed by atoms with Crippen LogP contribution in [0.25, 0.3) is 0 Å². The SMILES string of the molecule is CCCc1ccn(C2CC2)n1. The van der Waals surface area contributed by atoms with E-state index in [9.17, 15) is 0 Å². The van der Waals surface area contributed by atoms with Crippen LogP contribution in [0, 0.1) is 0 Å². The van der Waals surface area contributed by atoms with Gasteiger partial charge in [-0.2, -0.15) is 5.10 Å². The van der Waals surface area contributed by atoms with Gasteiger partial charge < -0.3 is 0 Å². The molecule has 0 aromatic carbocycles. The summed E-state index contributed by atoms with van der Waals surface area (Å²) in [5.41, 5.74) is 1.25. The maximum atomic E-state index is 4.48. The smallest absolute Gasteiger partial charge is 0.0624 e. The highest BCUT2D eigenvalue weighted by atomic mass is 15.3. The average molecular weight is 150 g/mol. The molecule has 1 heterocycles. The van der Waals surface area contributed by atoms with Crippen molar-refractivity contribution >= 4 is 0 Å². The maximum Gasteiger partial charge on any atom is 0.0624 e. The Morgan fingerprint density at radius 3 is 3.09 bits per heavy atom. The molecule has 0 bridgehead atoms. The summed E-state index contributed by atoms with van der Waals surface area (Å²) in [6, 6.07) is 2.88. The van der Waals surface area contributed by atoms with Crippen LogP contribution in [0.4, 0.5) is 0 Å². The lowest BCUT2D eigenvalue weighted by molar-refractivity contribution is 0.627.